The van der Waals surface area contributed by atoms with Crippen LogP contribution in [0, 0.1) is 0 Å². The molecule has 3 aromatic rings. The molecule has 0 spiro atoms. The first-order valence-corrected chi connectivity index (χ1v) is 11.5. The number of hydrogen-bond acceptors (Lipinski definition) is 8. The predicted molar refractivity (Wildman–Crippen MR) is 135 cm³/mol. The summed E-state index contributed by atoms with van der Waals surface area (Å²) < 4.78 is 5.37. The summed E-state index contributed by atoms with van der Waals surface area (Å²) in [7, 11) is 0. The molecule has 1 unspecified atom stereocenters. The van der Waals surface area contributed by atoms with Crippen molar-refractivity contribution in [2.75, 3.05) is 23.8 Å². The van der Waals surface area contributed by atoms with Crippen molar-refractivity contribution in [2.45, 2.75) is 26.3 Å². The number of Topliss-reactive ketones (excluding diaryl/α,β-unsaturated/α-hetero) is 2. The van der Waals surface area contributed by atoms with Crippen LogP contribution in [-0.4, -0.2) is 40.7 Å². The number of ketones is 2. The number of nitrogens with one attached hydrogen (secondary N) is 3. The fourth-order valence-corrected chi connectivity index (χ4v) is 4.38. The zero-order valence-corrected chi connectivity index (χ0v) is 19.7. The lowest BCUT2D eigenvalue weighted by molar-refractivity contribution is -0.119. The zero-order valence-electron chi connectivity index (χ0n) is 19.7. The highest BCUT2D eigenvalue weighted by Crippen LogP contribution is 2.31. The minimum absolute atomic E-state index is 0.0155. The van der Waals surface area contributed by atoms with Gasteiger partial charge >= 0.3 is 0 Å². The standard InChI is InChI=1S/C27H27N5O3/c1-17(33)20-4-3-5-23(10-20)30-26-15-32(14-21-12-29-25(18(2)34)11-24(21)26)31-22-8-6-19(7-9-22)27-13-28-16-35-27/h3-10,13,15-16,25,29-31H,11-12,14H2,1-2H3. The number of carbonyl (C=O) groups excluding carboxylic acids is 2. The molecule has 5 rings (SSSR count). The van der Waals surface area contributed by atoms with Gasteiger partial charge in [0.1, 0.15) is 5.78 Å². The summed E-state index contributed by atoms with van der Waals surface area (Å²) in [4.78, 5) is 27.9. The molecular formula is C27H27N5O3. The van der Waals surface area contributed by atoms with Crippen LogP contribution in [0.25, 0.3) is 11.3 Å². The second-order valence-corrected chi connectivity index (χ2v) is 8.82. The largest absolute Gasteiger partial charge is 0.444 e. The van der Waals surface area contributed by atoms with Gasteiger partial charge in [0.2, 0.25) is 0 Å². The molecule has 8 heteroatoms. The van der Waals surface area contributed by atoms with Crippen LogP contribution in [0.2, 0.25) is 0 Å². The van der Waals surface area contributed by atoms with Gasteiger partial charge in [0.05, 0.1) is 30.2 Å². The molecule has 0 fully saturated rings. The molecule has 35 heavy (non-hydrogen) atoms. The molecule has 8 nitrogen and oxygen atoms in total. The Kier molecular flexibility index (Phi) is 6.20. The van der Waals surface area contributed by atoms with E-state index in [0.29, 0.717) is 25.1 Å². The van der Waals surface area contributed by atoms with Crippen LogP contribution < -0.4 is 16.1 Å². The van der Waals surface area contributed by atoms with Crippen molar-refractivity contribution in [3.63, 3.8) is 0 Å². The monoisotopic (exact) mass is 469 g/mol. The molecule has 0 bridgehead atoms. The molecule has 0 saturated heterocycles. The quantitative estimate of drug-likeness (QED) is 0.438. The third-order valence-corrected chi connectivity index (χ3v) is 6.28. The van der Waals surface area contributed by atoms with Crippen LogP contribution in [-0.2, 0) is 4.79 Å². The Bertz CT molecular complexity index is 1310. The SMILES string of the molecule is CC(=O)c1cccc(NC2=CN(Nc3ccc(-c4cnco4)cc3)CC3=C2CC(C(C)=O)NC3)c1. The lowest BCUT2D eigenvalue weighted by Crippen LogP contribution is -2.45. The van der Waals surface area contributed by atoms with Gasteiger partial charge in [-0.2, -0.15) is 0 Å². The van der Waals surface area contributed by atoms with Crippen LogP contribution in [0.5, 0.6) is 0 Å². The first-order valence-electron chi connectivity index (χ1n) is 11.5. The van der Waals surface area contributed by atoms with E-state index in [9.17, 15) is 9.59 Å². The third-order valence-electron chi connectivity index (χ3n) is 6.28. The molecule has 2 aliphatic rings. The highest BCUT2D eigenvalue weighted by Gasteiger charge is 2.29. The van der Waals surface area contributed by atoms with Crippen molar-refractivity contribution >= 4 is 22.9 Å². The second kappa shape index (κ2) is 9.60. The number of aromatic nitrogens is 1. The Balaban J connectivity index is 1.40. The lowest BCUT2D eigenvalue weighted by Gasteiger charge is -2.36. The molecule has 3 heterocycles. The first kappa shape index (κ1) is 22.6. The normalized spacial score (nSPS) is 17.5. The average molecular weight is 470 g/mol. The smallest absolute Gasteiger partial charge is 0.181 e. The lowest BCUT2D eigenvalue weighted by atomic mass is 9.90. The van der Waals surface area contributed by atoms with Gasteiger partial charge in [0.15, 0.2) is 17.9 Å². The highest BCUT2D eigenvalue weighted by molar-refractivity contribution is 5.95. The van der Waals surface area contributed by atoms with Gasteiger partial charge in [-0.15, -0.1) is 0 Å². The predicted octanol–water partition coefficient (Wildman–Crippen LogP) is 4.39. The van der Waals surface area contributed by atoms with E-state index in [-0.39, 0.29) is 17.6 Å². The fourth-order valence-electron chi connectivity index (χ4n) is 4.38. The van der Waals surface area contributed by atoms with Crippen LogP contribution in [0.3, 0.4) is 0 Å². The van der Waals surface area contributed by atoms with Crippen molar-refractivity contribution in [2.24, 2.45) is 0 Å². The van der Waals surface area contributed by atoms with E-state index in [2.05, 4.69) is 21.0 Å². The van der Waals surface area contributed by atoms with Crippen molar-refractivity contribution in [1.29, 1.82) is 0 Å². The van der Waals surface area contributed by atoms with Crippen molar-refractivity contribution in [3.05, 3.63) is 89.7 Å². The number of anilines is 2. The van der Waals surface area contributed by atoms with Crippen molar-refractivity contribution in [3.8, 4) is 11.3 Å². The molecule has 178 valence electrons. The van der Waals surface area contributed by atoms with Gasteiger partial charge in [0.25, 0.3) is 0 Å². The number of benzene rings is 2. The Labute approximate surface area is 203 Å². The van der Waals surface area contributed by atoms with Crippen LogP contribution in [0.15, 0.2) is 88.6 Å². The van der Waals surface area contributed by atoms with Crippen LogP contribution >= 0.6 is 0 Å². The first-order chi connectivity index (χ1) is 17.0. The van der Waals surface area contributed by atoms with Crippen LogP contribution in [0.4, 0.5) is 11.4 Å². The molecule has 1 aromatic heterocycles. The maximum atomic E-state index is 12.1. The molecule has 0 aliphatic carbocycles. The van der Waals surface area contributed by atoms with E-state index in [0.717, 1.165) is 34.0 Å². The van der Waals surface area contributed by atoms with Gasteiger partial charge in [-0.1, -0.05) is 12.1 Å². The third kappa shape index (κ3) is 5.02. The number of carbonyl (C=O) groups is 2. The number of rotatable bonds is 7. The molecule has 0 amide bonds. The number of nitrogens with zero attached hydrogens (tertiary/aromatic N) is 2. The zero-order chi connectivity index (χ0) is 24.4. The average Bonchev–Trinajstić information content (AvgIpc) is 3.39. The van der Waals surface area contributed by atoms with Crippen molar-refractivity contribution < 1.29 is 14.0 Å². The van der Waals surface area contributed by atoms with Gasteiger partial charge in [-0.25, -0.2) is 4.98 Å². The summed E-state index contributed by atoms with van der Waals surface area (Å²) in [6, 6.07) is 15.2. The van der Waals surface area contributed by atoms with Gasteiger partial charge < -0.3 is 15.1 Å². The highest BCUT2D eigenvalue weighted by atomic mass is 16.3. The van der Waals surface area contributed by atoms with Gasteiger partial charge in [-0.3, -0.25) is 20.0 Å². The van der Waals surface area contributed by atoms with Gasteiger partial charge in [0, 0.05) is 29.6 Å². The topological polar surface area (TPSA) is 99.5 Å². The summed E-state index contributed by atoms with van der Waals surface area (Å²) in [5.41, 5.74) is 10.1. The summed E-state index contributed by atoms with van der Waals surface area (Å²) in [6.45, 7) is 4.49. The van der Waals surface area contributed by atoms with E-state index in [4.69, 9.17) is 4.42 Å². The van der Waals surface area contributed by atoms with E-state index in [1.807, 2.05) is 53.7 Å². The van der Waals surface area contributed by atoms with E-state index in [1.165, 1.54) is 12.0 Å². The van der Waals surface area contributed by atoms with E-state index < -0.39 is 0 Å². The van der Waals surface area contributed by atoms with Crippen molar-refractivity contribution in [1.82, 2.24) is 15.3 Å². The Hall–Kier alpha value is -4.17. The summed E-state index contributed by atoms with van der Waals surface area (Å²) >= 11 is 0. The maximum Gasteiger partial charge on any atom is 0.181 e. The molecule has 0 radical (unpaired) electrons. The summed E-state index contributed by atoms with van der Waals surface area (Å²) in [5, 5.41) is 8.87. The number of oxazole rings is 1. The summed E-state index contributed by atoms with van der Waals surface area (Å²) in [5.74, 6) is 0.862. The minimum Gasteiger partial charge on any atom is -0.444 e. The van der Waals surface area contributed by atoms with Gasteiger partial charge in [-0.05, 0) is 67.8 Å². The Morgan fingerprint density at radius 3 is 2.66 bits per heavy atom. The number of allylic oxidation sites excluding steroid dienone is 1. The molecular weight excluding hydrogens is 442 g/mol. The molecule has 1 atom stereocenters. The van der Waals surface area contributed by atoms with E-state index in [1.54, 1.807) is 26.1 Å². The van der Waals surface area contributed by atoms with Crippen LogP contribution in [0.1, 0.15) is 30.6 Å². The van der Waals surface area contributed by atoms with E-state index >= 15 is 0 Å². The molecule has 2 aliphatic heterocycles. The maximum absolute atomic E-state index is 12.1. The number of hydrogen-bond donors (Lipinski definition) is 3. The fraction of sp³-hybridized carbons (Fsp3) is 0.222. The number of hydrazine groups is 1. The summed E-state index contributed by atoms with van der Waals surface area (Å²) in [6.07, 6.45) is 5.75. The molecule has 2 aromatic carbocycles. The molecule has 0 saturated carbocycles. The Morgan fingerprint density at radius 2 is 1.94 bits per heavy atom. The Morgan fingerprint density at radius 1 is 1.11 bits per heavy atom. The second-order valence-electron chi connectivity index (χ2n) is 8.82. The minimum atomic E-state index is -0.203. The molecule has 3 N–H and O–H groups in total.